The lowest BCUT2D eigenvalue weighted by Gasteiger charge is -2.04. The number of benzene rings is 1. The molecule has 1 heterocycles. The fraction of sp³-hybridized carbons (Fsp3) is 0.300. The van der Waals surface area contributed by atoms with E-state index in [0.717, 1.165) is 16.4 Å². The van der Waals surface area contributed by atoms with E-state index in [1.165, 1.54) is 5.56 Å². The second-order valence-electron chi connectivity index (χ2n) is 3.16. The molecule has 0 aliphatic carbocycles. The van der Waals surface area contributed by atoms with Crippen LogP contribution >= 0.6 is 12.2 Å². The molecule has 1 aromatic rings. The molecule has 2 rings (SSSR count). The number of thiocarbonyl (C=S) groups is 1. The van der Waals surface area contributed by atoms with Crippen molar-refractivity contribution in [2.45, 2.75) is 12.8 Å². The molecular weight excluding hydrogens is 182 g/mol. The van der Waals surface area contributed by atoms with Crippen molar-refractivity contribution in [1.29, 1.82) is 0 Å². The van der Waals surface area contributed by atoms with Crippen molar-refractivity contribution in [3.63, 3.8) is 0 Å². The molecule has 1 atom stereocenters. The number of nitrogens with one attached hydrogen (secondary N) is 1. The summed E-state index contributed by atoms with van der Waals surface area (Å²) in [4.78, 5) is 0.892. The Bertz CT molecular complexity index is 362. The molecule has 3 heteroatoms. The van der Waals surface area contributed by atoms with Gasteiger partial charge in [0.2, 0.25) is 0 Å². The predicted molar refractivity (Wildman–Crippen MR) is 57.6 cm³/mol. The molecule has 0 saturated heterocycles. The van der Waals surface area contributed by atoms with E-state index in [-0.39, 0.29) is 0 Å². The largest absolute Gasteiger partial charge is 0.497 e. The van der Waals surface area contributed by atoms with Crippen LogP contribution in [-0.2, 0) is 0 Å². The molecule has 1 N–H and O–H groups in total. The molecule has 1 aliphatic heterocycles. The van der Waals surface area contributed by atoms with Crippen LogP contribution in [0.5, 0.6) is 5.75 Å². The second-order valence-corrected chi connectivity index (χ2v) is 3.60. The van der Waals surface area contributed by atoms with Gasteiger partial charge in [-0.25, -0.2) is 0 Å². The van der Waals surface area contributed by atoms with Gasteiger partial charge in [0, 0.05) is 11.6 Å². The van der Waals surface area contributed by atoms with Gasteiger partial charge in [0.1, 0.15) is 5.75 Å². The Morgan fingerprint density at radius 3 is 2.92 bits per heavy atom. The van der Waals surface area contributed by atoms with Gasteiger partial charge >= 0.3 is 0 Å². The SMILES string of the molecule is COc1ccc2c(c1)C(C)C(=S)N2. The molecule has 2 nitrogen and oxygen atoms in total. The lowest BCUT2D eigenvalue weighted by atomic mass is 10.0. The fourth-order valence-electron chi connectivity index (χ4n) is 1.52. The summed E-state index contributed by atoms with van der Waals surface area (Å²) in [5.74, 6) is 1.19. The van der Waals surface area contributed by atoms with Crippen molar-refractivity contribution in [1.82, 2.24) is 0 Å². The highest BCUT2D eigenvalue weighted by Crippen LogP contribution is 2.35. The summed E-state index contributed by atoms with van der Waals surface area (Å²) in [6.07, 6.45) is 0. The van der Waals surface area contributed by atoms with E-state index in [1.807, 2.05) is 18.2 Å². The van der Waals surface area contributed by atoms with Gasteiger partial charge in [-0.3, -0.25) is 0 Å². The van der Waals surface area contributed by atoms with E-state index in [4.69, 9.17) is 17.0 Å². The van der Waals surface area contributed by atoms with Crippen molar-refractivity contribution in [3.8, 4) is 5.75 Å². The third kappa shape index (κ3) is 1.29. The lowest BCUT2D eigenvalue weighted by Crippen LogP contribution is -2.05. The average molecular weight is 193 g/mol. The van der Waals surface area contributed by atoms with Crippen LogP contribution in [0.25, 0.3) is 0 Å². The van der Waals surface area contributed by atoms with Crippen molar-refractivity contribution in [2.24, 2.45) is 0 Å². The van der Waals surface area contributed by atoms with Crippen LogP contribution in [0.4, 0.5) is 5.69 Å². The van der Waals surface area contributed by atoms with Crippen LogP contribution in [0.3, 0.4) is 0 Å². The molecule has 0 spiro atoms. The first-order valence-corrected chi connectivity index (χ1v) is 4.62. The Balaban J connectivity index is 2.47. The first kappa shape index (κ1) is 8.51. The van der Waals surface area contributed by atoms with Crippen LogP contribution < -0.4 is 10.1 Å². The third-order valence-electron chi connectivity index (χ3n) is 2.38. The Labute approximate surface area is 82.9 Å². The molecule has 1 aromatic carbocycles. The van der Waals surface area contributed by atoms with Crippen LogP contribution in [0.2, 0.25) is 0 Å². The van der Waals surface area contributed by atoms with Crippen molar-refractivity contribution < 1.29 is 4.74 Å². The van der Waals surface area contributed by atoms with Crippen LogP contribution in [-0.4, -0.2) is 12.1 Å². The fourth-order valence-corrected chi connectivity index (χ4v) is 1.76. The van der Waals surface area contributed by atoms with E-state index >= 15 is 0 Å². The van der Waals surface area contributed by atoms with Gasteiger partial charge in [0.25, 0.3) is 0 Å². The summed E-state index contributed by atoms with van der Waals surface area (Å²) in [7, 11) is 1.67. The minimum absolute atomic E-state index is 0.306. The number of fused-ring (bicyclic) bond motifs is 1. The van der Waals surface area contributed by atoms with E-state index in [0.29, 0.717) is 5.92 Å². The highest BCUT2D eigenvalue weighted by Gasteiger charge is 2.23. The maximum atomic E-state index is 5.17. The first-order valence-electron chi connectivity index (χ1n) is 4.21. The molecule has 0 fully saturated rings. The summed E-state index contributed by atoms with van der Waals surface area (Å²) in [6, 6.07) is 5.97. The summed E-state index contributed by atoms with van der Waals surface area (Å²) in [6.45, 7) is 2.10. The maximum Gasteiger partial charge on any atom is 0.119 e. The lowest BCUT2D eigenvalue weighted by molar-refractivity contribution is 0.414. The van der Waals surface area contributed by atoms with Gasteiger partial charge in [-0.05, 0) is 23.8 Å². The molecule has 0 saturated carbocycles. The second kappa shape index (κ2) is 3.00. The number of rotatable bonds is 1. The Morgan fingerprint density at radius 2 is 2.23 bits per heavy atom. The summed E-state index contributed by atoms with van der Waals surface area (Å²) in [5, 5.41) is 3.17. The molecule has 0 radical (unpaired) electrons. The topological polar surface area (TPSA) is 21.3 Å². The molecular formula is C10H11NOS. The zero-order valence-electron chi connectivity index (χ0n) is 7.63. The molecule has 0 bridgehead atoms. The molecule has 1 unspecified atom stereocenters. The third-order valence-corrected chi connectivity index (χ3v) is 2.83. The number of hydrogen-bond acceptors (Lipinski definition) is 2. The maximum absolute atomic E-state index is 5.17. The standard InChI is InChI=1S/C10H11NOS/c1-6-8-5-7(12-2)3-4-9(8)11-10(6)13/h3-6H,1-2H3,(H,11,13). The zero-order valence-corrected chi connectivity index (χ0v) is 8.44. The van der Waals surface area contributed by atoms with Crippen LogP contribution in [0, 0.1) is 0 Å². The van der Waals surface area contributed by atoms with Gasteiger partial charge < -0.3 is 10.1 Å². The number of hydrogen-bond donors (Lipinski definition) is 1. The zero-order chi connectivity index (χ0) is 9.42. The summed E-state index contributed by atoms with van der Waals surface area (Å²) >= 11 is 5.17. The van der Waals surface area contributed by atoms with Gasteiger partial charge in [-0.1, -0.05) is 19.1 Å². The normalized spacial score (nSPS) is 19.5. The van der Waals surface area contributed by atoms with Gasteiger partial charge in [-0.2, -0.15) is 0 Å². The van der Waals surface area contributed by atoms with Gasteiger partial charge in [0.05, 0.1) is 12.1 Å². The highest BCUT2D eigenvalue weighted by molar-refractivity contribution is 7.80. The summed E-state index contributed by atoms with van der Waals surface area (Å²) in [5.41, 5.74) is 2.34. The minimum Gasteiger partial charge on any atom is -0.497 e. The Kier molecular flexibility index (Phi) is 1.96. The highest BCUT2D eigenvalue weighted by atomic mass is 32.1. The molecule has 0 aromatic heterocycles. The summed E-state index contributed by atoms with van der Waals surface area (Å²) < 4.78 is 5.15. The predicted octanol–water partition coefficient (Wildman–Crippen LogP) is 2.55. The van der Waals surface area contributed by atoms with Crippen molar-refractivity contribution in [3.05, 3.63) is 23.8 Å². The van der Waals surface area contributed by atoms with Crippen LogP contribution in [0.1, 0.15) is 18.4 Å². The molecule has 13 heavy (non-hydrogen) atoms. The van der Waals surface area contributed by atoms with E-state index in [2.05, 4.69) is 12.2 Å². The average Bonchev–Trinajstić information content (AvgIpc) is 2.43. The number of anilines is 1. The van der Waals surface area contributed by atoms with Crippen molar-refractivity contribution in [2.75, 3.05) is 12.4 Å². The van der Waals surface area contributed by atoms with Crippen LogP contribution in [0.15, 0.2) is 18.2 Å². The minimum atomic E-state index is 0.306. The van der Waals surface area contributed by atoms with E-state index in [9.17, 15) is 0 Å². The molecule has 1 aliphatic rings. The van der Waals surface area contributed by atoms with Crippen molar-refractivity contribution >= 4 is 22.9 Å². The van der Waals surface area contributed by atoms with E-state index < -0.39 is 0 Å². The smallest absolute Gasteiger partial charge is 0.119 e. The number of ether oxygens (including phenoxy) is 1. The quantitative estimate of drug-likeness (QED) is 0.692. The van der Waals surface area contributed by atoms with Gasteiger partial charge in [-0.15, -0.1) is 0 Å². The number of methoxy groups -OCH3 is 1. The van der Waals surface area contributed by atoms with E-state index in [1.54, 1.807) is 7.11 Å². The Morgan fingerprint density at radius 1 is 1.46 bits per heavy atom. The monoisotopic (exact) mass is 193 g/mol. The Hall–Kier alpha value is -1.09. The first-order chi connectivity index (χ1) is 6.22. The molecule has 68 valence electrons. The van der Waals surface area contributed by atoms with Gasteiger partial charge in [0.15, 0.2) is 0 Å². The molecule has 0 amide bonds.